The van der Waals surface area contributed by atoms with Gasteiger partial charge in [-0.2, -0.15) is 16.8 Å². The van der Waals surface area contributed by atoms with Crippen molar-refractivity contribution >= 4 is 42.4 Å². The quantitative estimate of drug-likeness (QED) is 0.154. The van der Waals surface area contributed by atoms with E-state index in [4.69, 9.17) is 4.55 Å². The molecule has 10 N–H and O–H groups in total. The van der Waals surface area contributed by atoms with Crippen molar-refractivity contribution in [1.29, 1.82) is 0 Å². The molecule has 0 saturated heterocycles. The molecule has 33 heavy (non-hydrogen) atoms. The molecule has 0 unspecified atom stereocenters. The van der Waals surface area contributed by atoms with Gasteiger partial charge in [0.1, 0.15) is 22.0 Å². The number of benzene rings is 3. The Morgan fingerprint density at radius 3 is 1.73 bits per heavy atom. The first-order valence-corrected chi connectivity index (χ1v) is 10.3. The van der Waals surface area contributed by atoms with Crippen LogP contribution in [-0.4, -0.2) is 52.6 Å². The molecular formula is C16H18CrN2NaO11S2+. The smallest absolute Gasteiger partial charge is 0.506 e. The molecular weight excluding hydrogens is 535 g/mol. The van der Waals surface area contributed by atoms with Crippen molar-refractivity contribution in [2.75, 3.05) is 0 Å². The average molecular weight is 553 g/mol. The zero-order valence-corrected chi connectivity index (χ0v) is 21.6. The summed E-state index contributed by atoms with van der Waals surface area (Å²) in [4.78, 5) is -1.08. The Labute approximate surface area is 220 Å². The fourth-order valence-electron chi connectivity index (χ4n) is 2.45. The fraction of sp³-hybridized carbons (Fsp3) is 0. The number of fused-ring (bicyclic) bond motifs is 1. The Morgan fingerprint density at radius 2 is 1.21 bits per heavy atom. The molecule has 0 aromatic heterocycles. The normalized spacial score (nSPS) is 10.7. The van der Waals surface area contributed by atoms with Crippen LogP contribution in [-0.2, 0) is 37.6 Å². The van der Waals surface area contributed by atoms with E-state index >= 15 is 0 Å². The minimum atomic E-state index is -4.66. The number of azo groups is 1. The van der Waals surface area contributed by atoms with Gasteiger partial charge < -0.3 is 26.6 Å². The van der Waals surface area contributed by atoms with Crippen LogP contribution in [0.3, 0.4) is 0 Å². The van der Waals surface area contributed by atoms with Crippen molar-refractivity contribution in [3.05, 3.63) is 48.5 Å². The summed E-state index contributed by atoms with van der Waals surface area (Å²) in [6.45, 7) is 0. The molecule has 0 aliphatic heterocycles. The number of rotatable bonds is 4. The van der Waals surface area contributed by atoms with E-state index in [2.05, 4.69) is 10.2 Å². The number of phenolic OH excluding ortho intramolecular Hbond substituents is 2. The van der Waals surface area contributed by atoms with E-state index in [1.807, 2.05) is 0 Å². The summed E-state index contributed by atoms with van der Waals surface area (Å²) in [5.41, 5.74) is -0.723. The zero-order valence-electron chi connectivity index (χ0n) is 16.7. The van der Waals surface area contributed by atoms with Crippen LogP contribution in [0.4, 0.5) is 11.4 Å². The molecule has 0 fully saturated rings. The third kappa shape index (κ3) is 7.96. The minimum Gasteiger partial charge on any atom is -0.506 e. The predicted molar refractivity (Wildman–Crippen MR) is 108 cm³/mol. The van der Waals surface area contributed by atoms with E-state index in [0.29, 0.717) is 0 Å². The van der Waals surface area contributed by atoms with E-state index in [1.54, 1.807) is 0 Å². The second kappa shape index (κ2) is 13.3. The minimum absolute atomic E-state index is 0. The maximum Gasteiger partial charge on any atom is 1.00 e. The zero-order chi connectivity index (χ0) is 20.7. The summed E-state index contributed by atoms with van der Waals surface area (Å²) in [6, 6.07) is 9.41. The van der Waals surface area contributed by atoms with Gasteiger partial charge in [-0.25, -0.2) is 0 Å². The van der Waals surface area contributed by atoms with E-state index in [9.17, 15) is 31.6 Å². The van der Waals surface area contributed by atoms with Gasteiger partial charge in [-0.3, -0.25) is 9.11 Å². The van der Waals surface area contributed by atoms with Gasteiger partial charge in [0.2, 0.25) is 0 Å². The summed E-state index contributed by atoms with van der Waals surface area (Å²) in [5, 5.41) is 27.5. The number of aromatic hydroxyl groups is 2. The molecule has 13 nitrogen and oxygen atoms in total. The van der Waals surface area contributed by atoms with Crippen molar-refractivity contribution < 1.29 is 99.5 Å². The first-order valence-electron chi connectivity index (χ1n) is 7.43. The van der Waals surface area contributed by atoms with Gasteiger partial charge in [-0.05, 0) is 24.3 Å². The van der Waals surface area contributed by atoms with Crippen LogP contribution >= 0.6 is 0 Å². The van der Waals surface area contributed by atoms with Gasteiger partial charge >= 0.3 is 29.6 Å². The molecule has 0 aliphatic carbocycles. The van der Waals surface area contributed by atoms with Crippen molar-refractivity contribution in [3.63, 3.8) is 0 Å². The van der Waals surface area contributed by atoms with E-state index in [0.717, 1.165) is 24.3 Å². The third-order valence-electron chi connectivity index (χ3n) is 3.75. The third-order valence-corrected chi connectivity index (χ3v) is 5.49. The second-order valence-corrected chi connectivity index (χ2v) is 8.40. The average Bonchev–Trinajstić information content (AvgIpc) is 2.60. The summed E-state index contributed by atoms with van der Waals surface area (Å²) in [5.74, 6) is -0.927. The Balaban J connectivity index is -0.00000180. The maximum absolute atomic E-state index is 11.7. The van der Waals surface area contributed by atoms with Gasteiger partial charge in [0, 0.05) is 28.1 Å². The summed E-state index contributed by atoms with van der Waals surface area (Å²) in [6.07, 6.45) is 0. The van der Waals surface area contributed by atoms with Gasteiger partial charge in [0.25, 0.3) is 20.2 Å². The summed E-state index contributed by atoms with van der Waals surface area (Å²) >= 11 is 0. The van der Waals surface area contributed by atoms with Crippen LogP contribution in [0.2, 0.25) is 0 Å². The van der Waals surface area contributed by atoms with E-state index in [1.165, 1.54) is 24.3 Å². The largest absolute Gasteiger partial charge is 1.00 e. The molecule has 0 radical (unpaired) electrons. The molecule has 0 bridgehead atoms. The second-order valence-electron chi connectivity index (χ2n) is 5.59. The summed E-state index contributed by atoms with van der Waals surface area (Å²) in [7, 11) is -9.22. The van der Waals surface area contributed by atoms with Crippen molar-refractivity contribution in [2.45, 2.75) is 9.79 Å². The Kier molecular flexibility index (Phi) is 14.5. The monoisotopic (exact) mass is 553 g/mol. The van der Waals surface area contributed by atoms with Crippen LogP contribution < -0.4 is 29.6 Å². The van der Waals surface area contributed by atoms with Crippen LogP contribution in [0.25, 0.3) is 10.8 Å². The number of hydrogen-bond acceptors (Lipinski definition) is 8. The molecule has 3 aromatic carbocycles. The summed E-state index contributed by atoms with van der Waals surface area (Å²) < 4.78 is 64.2. The Hall–Kier alpha value is -1.65. The van der Waals surface area contributed by atoms with Crippen molar-refractivity contribution in [3.8, 4) is 11.5 Å². The molecule has 3 aromatic rings. The van der Waals surface area contributed by atoms with Crippen LogP contribution in [0.1, 0.15) is 0 Å². The first kappa shape index (κ1) is 35.9. The molecule has 0 saturated carbocycles. The predicted octanol–water partition coefficient (Wildman–Crippen LogP) is -2.31. The number of nitrogens with zero attached hydrogens (tertiary/aromatic N) is 2. The molecule has 0 amide bonds. The van der Waals surface area contributed by atoms with Crippen LogP contribution in [0.5, 0.6) is 11.5 Å². The van der Waals surface area contributed by atoms with Gasteiger partial charge in [-0.15, -0.1) is 10.2 Å². The SMILES string of the molecule is O.O.O.O=S(=O)(O)c1ccc(O)c(N=Nc2cc(S(=O)(=O)O)c3ccccc3c2O)c1.[Cr].[Na+]. The Morgan fingerprint density at radius 1 is 0.697 bits per heavy atom. The molecule has 0 spiro atoms. The molecule has 3 rings (SSSR count). The van der Waals surface area contributed by atoms with Crippen LogP contribution in [0, 0.1) is 0 Å². The van der Waals surface area contributed by atoms with Gasteiger partial charge in [-0.1, -0.05) is 24.3 Å². The molecule has 17 heteroatoms. The molecule has 0 atom stereocenters. The van der Waals surface area contributed by atoms with Gasteiger partial charge in [0.05, 0.1) is 4.90 Å². The first-order chi connectivity index (χ1) is 13.0. The van der Waals surface area contributed by atoms with E-state index in [-0.39, 0.29) is 85.5 Å². The Bertz CT molecular complexity index is 1350. The van der Waals surface area contributed by atoms with Gasteiger partial charge in [0.15, 0.2) is 5.75 Å². The topological polar surface area (TPSA) is 268 Å². The number of phenols is 2. The maximum atomic E-state index is 11.7. The molecule has 0 aliphatic rings. The standard InChI is InChI=1S/C16H12N2O8S2.Cr.Na.3H2O/c19-14-6-5-9(27(21,22)23)7-12(14)17-18-13-8-15(28(24,25)26)10-3-1-2-4-11(10)16(13)20;;;;;/h1-8,19-20H,(H,21,22,23)(H,24,25,26);;;3*1H2/q;;+1;;;. The van der Waals surface area contributed by atoms with Crippen LogP contribution in [0.15, 0.2) is 68.6 Å². The molecule has 176 valence electrons. The molecule has 0 heterocycles. The van der Waals surface area contributed by atoms with Crippen molar-refractivity contribution in [2.24, 2.45) is 10.2 Å². The van der Waals surface area contributed by atoms with E-state index < -0.39 is 41.5 Å². The fourth-order valence-corrected chi connectivity index (χ4v) is 3.67. The van der Waals surface area contributed by atoms with Crippen molar-refractivity contribution in [1.82, 2.24) is 0 Å². The number of hydrogen-bond donors (Lipinski definition) is 4.